The number of hydrogen-bond acceptors (Lipinski definition) is 6. The molecule has 0 unspecified atom stereocenters. The molecule has 3 aromatic carbocycles. The van der Waals surface area contributed by atoms with Crippen LogP contribution in [0.5, 0.6) is 11.5 Å². The first-order valence-corrected chi connectivity index (χ1v) is 11.5. The second-order valence-electron chi connectivity index (χ2n) is 8.57. The fourth-order valence-electron chi connectivity index (χ4n) is 3.40. The molecule has 0 spiro atoms. The van der Waals surface area contributed by atoms with E-state index in [1.807, 2.05) is 75.4 Å². The van der Waals surface area contributed by atoms with Gasteiger partial charge in [0.05, 0.1) is 6.61 Å². The Morgan fingerprint density at radius 2 is 1.72 bits per heavy atom. The Bertz CT molecular complexity index is 1220. The number of aliphatic hydroxyl groups excluding tert-OH is 1. The lowest BCUT2D eigenvalue weighted by Crippen LogP contribution is -2.13. The van der Waals surface area contributed by atoms with E-state index in [0.29, 0.717) is 23.8 Å². The minimum atomic E-state index is -0.300. The minimum Gasteiger partial charge on any atom is -0.505 e. The van der Waals surface area contributed by atoms with Gasteiger partial charge < -0.3 is 14.9 Å². The van der Waals surface area contributed by atoms with Gasteiger partial charge in [-0.15, -0.1) is 26.8 Å². The van der Waals surface area contributed by atoms with Crippen LogP contribution in [0.3, 0.4) is 0 Å². The van der Waals surface area contributed by atoms with Crippen molar-refractivity contribution >= 4 is 22.8 Å². The number of benzene rings is 3. The van der Waals surface area contributed by atoms with Crippen LogP contribution in [-0.2, 0) is 12.0 Å². The van der Waals surface area contributed by atoms with Gasteiger partial charge in [0.15, 0.2) is 0 Å². The number of rotatable bonds is 7. The zero-order valence-electron chi connectivity index (χ0n) is 18.4. The fourth-order valence-corrected chi connectivity index (χ4v) is 4.08. The van der Waals surface area contributed by atoms with Gasteiger partial charge in [0.2, 0.25) is 0 Å². The van der Waals surface area contributed by atoms with Crippen molar-refractivity contribution in [2.45, 2.75) is 37.7 Å². The van der Waals surface area contributed by atoms with Gasteiger partial charge in [-0.05, 0) is 35.2 Å². The van der Waals surface area contributed by atoms with Crippen molar-refractivity contribution in [1.29, 1.82) is 0 Å². The molecule has 2 N–H and O–H groups in total. The van der Waals surface area contributed by atoms with Gasteiger partial charge in [-0.25, -0.2) is 0 Å². The van der Waals surface area contributed by atoms with Crippen LogP contribution in [0.1, 0.15) is 31.9 Å². The van der Waals surface area contributed by atoms with Crippen molar-refractivity contribution < 1.29 is 14.9 Å². The summed E-state index contributed by atoms with van der Waals surface area (Å²) in [6.07, 6.45) is 0. The van der Waals surface area contributed by atoms with Crippen molar-refractivity contribution in [3.63, 3.8) is 0 Å². The quantitative estimate of drug-likeness (QED) is 0.383. The lowest BCUT2D eigenvalue weighted by atomic mass is 9.86. The van der Waals surface area contributed by atoms with Gasteiger partial charge in [-0.3, -0.25) is 0 Å². The van der Waals surface area contributed by atoms with Gasteiger partial charge >= 0.3 is 0 Å². The molecular weight excluding hydrogens is 422 g/mol. The van der Waals surface area contributed by atoms with Crippen molar-refractivity contribution in [3.05, 3.63) is 71.8 Å². The lowest BCUT2D eigenvalue weighted by Gasteiger charge is -2.23. The monoisotopic (exact) mass is 449 g/mol. The molecule has 0 radical (unpaired) electrons. The topological polar surface area (TPSA) is 80.4 Å². The highest BCUT2D eigenvalue weighted by Gasteiger charge is 2.24. The number of nitrogens with zero attached hydrogens (tertiary/aromatic N) is 3. The number of aromatic nitrogens is 3. The van der Waals surface area contributed by atoms with Crippen LogP contribution < -0.4 is 4.74 Å². The zero-order chi connectivity index (χ0) is 22.7. The lowest BCUT2D eigenvalue weighted by molar-refractivity contribution is 0.304. The predicted molar refractivity (Wildman–Crippen MR) is 128 cm³/mol. The van der Waals surface area contributed by atoms with E-state index in [4.69, 9.17) is 9.84 Å². The highest BCUT2D eigenvalue weighted by atomic mass is 32.2. The van der Waals surface area contributed by atoms with Crippen molar-refractivity contribution in [2.24, 2.45) is 0 Å². The number of fused-ring (bicyclic) bond motifs is 1. The first-order valence-electron chi connectivity index (χ1n) is 10.5. The van der Waals surface area contributed by atoms with E-state index in [2.05, 4.69) is 10.2 Å². The smallest absolute Gasteiger partial charge is 0.147 e. The second-order valence-corrected chi connectivity index (χ2v) is 9.74. The molecule has 0 aliphatic rings. The van der Waals surface area contributed by atoms with Gasteiger partial charge in [0.25, 0.3) is 0 Å². The molecule has 4 aromatic rings. The Labute approximate surface area is 191 Å². The first kappa shape index (κ1) is 22.2. The maximum atomic E-state index is 11.1. The Balaban J connectivity index is 1.73. The summed E-state index contributed by atoms with van der Waals surface area (Å²) in [6.45, 7) is 6.68. The summed E-state index contributed by atoms with van der Waals surface area (Å²) in [6, 6.07) is 19.4. The Hall–Kier alpha value is -3.03. The molecule has 0 bridgehead atoms. The Morgan fingerprint density at radius 1 is 0.969 bits per heavy atom. The fraction of sp³-hybridized carbons (Fsp3) is 0.280. The predicted octanol–water partition coefficient (Wildman–Crippen LogP) is 5.09. The number of aromatic hydroxyl groups is 1. The number of hydrogen-bond donors (Lipinski definition) is 2. The summed E-state index contributed by atoms with van der Waals surface area (Å²) in [5, 5.41) is 29.3. The summed E-state index contributed by atoms with van der Waals surface area (Å²) in [4.78, 5) is 2.48. The van der Waals surface area contributed by atoms with Gasteiger partial charge in [-0.1, -0.05) is 51.1 Å². The molecule has 7 heteroatoms. The number of aliphatic hydroxyl groups is 1. The zero-order valence-corrected chi connectivity index (χ0v) is 19.3. The van der Waals surface area contributed by atoms with E-state index in [-0.39, 0.29) is 17.8 Å². The molecule has 0 saturated carbocycles. The van der Waals surface area contributed by atoms with Crippen LogP contribution in [-0.4, -0.2) is 37.6 Å². The third kappa shape index (κ3) is 4.89. The molecule has 0 amide bonds. The number of thioether (sulfide) groups is 1. The minimum absolute atomic E-state index is 0.120. The molecule has 0 aliphatic heterocycles. The SMILES string of the molecule is CC(C)(C)c1cc(OCc2ccccc2)cc(-n2nc3ccc(SCCO)cc3n2)c1O. The van der Waals surface area contributed by atoms with Crippen LogP contribution in [0.2, 0.25) is 0 Å². The largest absolute Gasteiger partial charge is 0.505 e. The number of ether oxygens (including phenoxy) is 1. The van der Waals surface area contributed by atoms with E-state index in [1.165, 1.54) is 4.80 Å². The van der Waals surface area contributed by atoms with Crippen molar-refractivity contribution in [2.75, 3.05) is 12.4 Å². The Morgan fingerprint density at radius 3 is 2.44 bits per heavy atom. The molecule has 0 fully saturated rings. The molecule has 0 saturated heterocycles. The molecule has 32 heavy (non-hydrogen) atoms. The normalized spacial score (nSPS) is 11.8. The summed E-state index contributed by atoms with van der Waals surface area (Å²) in [5.41, 5.74) is 3.45. The van der Waals surface area contributed by atoms with Crippen LogP contribution >= 0.6 is 11.8 Å². The first-order chi connectivity index (χ1) is 15.3. The molecule has 0 aliphatic carbocycles. The number of phenolic OH excluding ortho intramolecular Hbond substituents is 1. The number of phenols is 1. The second kappa shape index (κ2) is 9.22. The molecule has 166 valence electrons. The molecule has 1 heterocycles. The van der Waals surface area contributed by atoms with Crippen LogP contribution in [0.4, 0.5) is 0 Å². The third-order valence-corrected chi connectivity index (χ3v) is 6.02. The van der Waals surface area contributed by atoms with Crippen LogP contribution in [0, 0.1) is 0 Å². The molecular formula is C25H27N3O3S. The summed E-state index contributed by atoms with van der Waals surface area (Å²) >= 11 is 1.56. The maximum Gasteiger partial charge on any atom is 0.147 e. The van der Waals surface area contributed by atoms with Crippen molar-refractivity contribution in [3.8, 4) is 17.2 Å². The summed E-state index contributed by atoms with van der Waals surface area (Å²) in [7, 11) is 0. The molecule has 0 atom stereocenters. The average molecular weight is 450 g/mol. The van der Waals surface area contributed by atoms with Crippen LogP contribution in [0.25, 0.3) is 16.7 Å². The van der Waals surface area contributed by atoms with E-state index >= 15 is 0 Å². The Kier molecular flexibility index (Phi) is 6.39. The van der Waals surface area contributed by atoms with E-state index in [1.54, 1.807) is 17.8 Å². The van der Waals surface area contributed by atoms with Crippen molar-refractivity contribution in [1.82, 2.24) is 15.0 Å². The third-order valence-electron chi connectivity index (χ3n) is 5.05. The maximum absolute atomic E-state index is 11.1. The van der Waals surface area contributed by atoms with Crippen LogP contribution in [0.15, 0.2) is 65.6 Å². The van der Waals surface area contributed by atoms with E-state index in [9.17, 15) is 5.11 Å². The van der Waals surface area contributed by atoms with Gasteiger partial charge in [0.1, 0.15) is 34.8 Å². The highest BCUT2D eigenvalue weighted by molar-refractivity contribution is 7.99. The molecule has 6 nitrogen and oxygen atoms in total. The van der Waals surface area contributed by atoms with Gasteiger partial charge in [-0.2, -0.15) is 0 Å². The molecule has 1 aromatic heterocycles. The highest BCUT2D eigenvalue weighted by Crippen LogP contribution is 2.38. The summed E-state index contributed by atoms with van der Waals surface area (Å²) < 4.78 is 6.08. The average Bonchev–Trinajstić information content (AvgIpc) is 3.20. The molecule has 4 rings (SSSR count). The van der Waals surface area contributed by atoms with E-state index < -0.39 is 0 Å². The van der Waals surface area contributed by atoms with E-state index in [0.717, 1.165) is 27.1 Å². The standard InChI is InChI=1S/C25H27N3O3S/c1-25(2,3)20-13-18(31-16-17-7-5-4-6-8-17)14-23(24(20)30)28-26-21-10-9-19(32-12-11-29)15-22(21)27-28/h4-10,13-15,29-30H,11-12,16H2,1-3H3. The summed E-state index contributed by atoms with van der Waals surface area (Å²) in [5.74, 6) is 1.41. The van der Waals surface area contributed by atoms with Gasteiger partial charge in [0, 0.05) is 22.3 Å².